The molecule has 1 saturated heterocycles. The van der Waals surface area contributed by atoms with Crippen LogP contribution in [0.2, 0.25) is 0 Å². The maximum Gasteiger partial charge on any atom is 0.172 e. The van der Waals surface area contributed by atoms with E-state index in [1.165, 1.54) is 44.2 Å². The van der Waals surface area contributed by atoms with Crippen molar-refractivity contribution in [3.8, 4) is 23.0 Å². The number of ketones is 2. The number of aromatic hydroxyl groups is 2. The number of allylic oxidation sites excluding steroid dienone is 1. The van der Waals surface area contributed by atoms with Crippen molar-refractivity contribution in [1.29, 1.82) is 0 Å². The molecule has 9 heteroatoms. The van der Waals surface area contributed by atoms with E-state index in [9.17, 15) is 19.8 Å². The van der Waals surface area contributed by atoms with E-state index in [0.29, 0.717) is 35.9 Å². The molecule has 1 aliphatic rings. The van der Waals surface area contributed by atoms with Gasteiger partial charge in [0, 0.05) is 31.9 Å². The average molecular weight is 500 g/mol. The molecule has 186 valence electrons. The van der Waals surface area contributed by atoms with Gasteiger partial charge in [-0.1, -0.05) is 18.2 Å². The highest BCUT2D eigenvalue weighted by Crippen LogP contribution is 2.43. The van der Waals surface area contributed by atoms with E-state index >= 15 is 0 Å². The molecule has 2 aromatic rings. The Labute approximate surface area is 208 Å². The third kappa shape index (κ3) is 6.64. The first-order valence-corrected chi connectivity index (χ1v) is 11.9. The van der Waals surface area contributed by atoms with Gasteiger partial charge in [0.05, 0.1) is 19.3 Å². The van der Waals surface area contributed by atoms with Gasteiger partial charge in [-0.3, -0.25) is 14.6 Å². The highest BCUT2D eigenvalue weighted by molar-refractivity contribution is 8.14. The van der Waals surface area contributed by atoms with Crippen LogP contribution in [0.1, 0.15) is 29.2 Å². The predicted molar refractivity (Wildman–Crippen MR) is 136 cm³/mol. The van der Waals surface area contributed by atoms with Crippen LogP contribution >= 0.6 is 11.8 Å². The molecule has 2 N–H and O–H groups in total. The molecular formula is C26H29NO7S. The van der Waals surface area contributed by atoms with Crippen molar-refractivity contribution in [2.24, 2.45) is 10.9 Å². The SMILES string of the molecule is COCCCN=C1SC(c2ccc(O)c(OC)c2)CC(=O)C1C(=O)C=Cc1ccc(O)c(OC)c1. The van der Waals surface area contributed by atoms with Crippen LogP contribution in [0.15, 0.2) is 47.5 Å². The summed E-state index contributed by atoms with van der Waals surface area (Å²) in [5.41, 5.74) is 1.46. The molecule has 1 heterocycles. The Morgan fingerprint density at radius 1 is 1.09 bits per heavy atom. The van der Waals surface area contributed by atoms with E-state index < -0.39 is 5.92 Å². The lowest BCUT2D eigenvalue weighted by atomic mass is 9.93. The number of Topliss-reactive ketones (excluding diaryl/α,β-unsaturated/α-hetero) is 1. The van der Waals surface area contributed by atoms with Crippen molar-refractivity contribution >= 4 is 34.4 Å². The van der Waals surface area contributed by atoms with E-state index in [-0.39, 0.29) is 40.5 Å². The minimum Gasteiger partial charge on any atom is -0.504 e. The topological polar surface area (TPSA) is 115 Å². The summed E-state index contributed by atoms with van der Waals surface area (Å²) in [6.07, 6.45) is 3.76. The molecule has 35 heavy (non-hydrogen) atoms. The van der Waals surface area contributed by atoms with E-state index in [1.807, 2.05) is 0 Å². The van der Waals surface area contributed by atoms with Gasteiger partial charge >= 0.3 is 0 Å². The Kier molecular flexibility index (Phi) is 9.33. The Morgan fingerprint density at radius 3 is 2.46 bits per heavy atom. The maximum absolute atomic E-state index is 13.2. The van der Waals surface area contributed by atoms with Gasteiger partial charge in [0.15, 0.2) is 34.6 Å². The Hall–Kier alpha value is -3.30. The molecule has 0 saturated carbocycles. The van der Waals surface area contributed by atoms with Crippen LogP contribution in [0.5, 0.6) is 23.0 Å². The molecule has 0 bridgehead atoms. The first-order chi connectivity index (χ1) is 16.9. The molecule has 0 amide bonds. The number of thioether (sulfide) groups is 1. The van der Waals surface area contributed by atoms with Crippen LogP contribution in [0.4, 0.5) is 0 Å². The molecule has 3 rings (SSSR count). The maximum atomic E-state index is 13.2. The molecular weight excluding hydrogens is 470 g/mol. The van der Waals surface area contributed by atoms with Gasteiger partial charge in [-0.15, -0.1) is 11.8 Å². The Morgan fingerprint density at radius 2 is 1.77 bits per heavy atom. The Bertz CT molecular complexity index is 1130. The molecule has 2 unspecified atom stereocenters. The number of hydrogen-bond acceptors (Lipinski definition) is 9. The lowest BCUT2D eigenvalue weighted by molar-refractivity contribution is -0.127. The zero-order valence-corrected chi connectivity index (χ0v) is 20.7. The monoisotopic (exact) mass is 499 g/mol. The summed E-state index contributed by atoms with van der Waals surface area (Å²) in [7, 11) is 4.51. The van der Waals surface area contributed by atoms with Crippen LogP contribution < -0.4 is 9.47 Å². The molecule has 1 fully saturated rings. The van der Waals surface area contributed by atoms with Gasteiger partial charge in [-0.25, -0.2) is 0 Å². The van der Waals surface area contributed by atoms with E-state index in [1.54, 1.807) is 37.5 Å². The highest BCUT2D eigenvalue weighted by atomic mass is 32.2. The third-order valence-corrected chi connectivity index (χ3v) is 6.83. The van der Waals surface area contributed by atoms with Crippen LogP contribution in [0.3, 0.4) is 0 Å². The number of carbonyl (C=O) groups is 2. The average Bonchev–Trinajstić information content (AvgIpc) is 2.86. The molecule has 2 atom stereocenters. The summed E-state index contributed by atoms with van der Waals surface area (Å²) < 4.78 is 15.4. The summed E-state index contributed by atoms with van der Waals surface area (Å²) in [5.74, 6) is -0.937. The van der Waals surface area contributed by atoms with Crippen LogP contribution in [0.25, 0.3) is 6.08 Å². The number of rotatable bonds is 10. The standard InChI is InChI=1S/C26H29NO7S/c1-32-12-4-11-27-26-25(20(30)9-6-16-5-8-18(28)22(13-16)33-2)21(31)15-24(35-26)17-7-10-19(29)23(14-17)34-3/h5-10,13-14,24-25,28-29H,4,11-12,15H2,1-3H3. The zero-order valence-electron chi connectivity index (χ0n) is 19.9. The number of aliphatic imine (C=N–C) groups is 1. The van der Waals surface area contributed by atoms with Crippen molar-refractivity contribution < 1.29 is 34.0 Å². The Balaban J connectivity index is 1.85. The fraction of sp³-hybridized carbons (Fsp3) is 0.346. The van der Waals surface area contributed by atoms with Crippen LogP contribution in [0, 0.1) is 5.92 Å². The van der Waals surface area contributed by atoms with Crippen molar-refractivity contribution in [3.05, 3.63) is 53.6 Å². The number of benzene rings is 2. The summed E-state index contributed by atoms with van der Waals surface area (Å²) in [5, 5.41) is 19.9. The fourth-order valence-corrected chi connectivity index (χ4v) is 5.02. The molecule has 8 nitrogen and oxygen atoms in total. The van der Waals surface area contributed by atoms with Crippen molar-refractivity contribution in [3.63, 3.8) is 0 Å². The van der Waals surface area contributed by atoms with Gasteiger partial charge in [-0.2, -0.15) is 0 Å². The van der Waals surface area contributed by atoms with Gasteiger partial charge in [-0.05, 0) is 47.9 Å². The van der Waals surface area contributed by atoms with E-state index in [0.717, 1.165) is 5.56 Å². The second kappa shape index (κ2) is 12.4. The largest absolute Gasteiger partial charge is 0.504 e. The zero-order chi connectivity index (χ0) is 25.4. The van der Waals surface area contributed by atoms with Crippen molar-refractivity contribution in [1.82, 2.24) is 0 Å². The number of methoxy groups -OCH3 is 3. The van der Waals surface area contributed by atoms with Crippen LogP contribution in [-0.2, 0) is 14.3 Å². The highest BCUT2D eigenvalue weighted by Gasteiger charge is 2.39. The summed E-state index contributed by atoms with van der Waals surface area (Å²) >= 11 is 1.38. The number of hydrogen-bond donors (Lipinski definition) is 2. The molecule has 1 aliphatic heterocycles. The molecule has 0 aromatic heterocycles. The predicted octanol–water partition coefficient (Wildman–Crippen LogP) is 4.20. The first kappa shape index (κ1) is 26.3. The quantitative estimate of drug-likeness (QED) is 0.284. The second-order valence-corrected chi connectivity index (χ2v) is 9.10. The number of phenolic OH excluding ortho intramolecular Hbond substituents is 2. The first-order valence-electron chi connectivity index (χ1n) is 11.1. The van der Waals surface area contributed by atoms with Crippen LogP contribution in [-0.4, -0.2) is 61.3 Å². The second-order valence-electron chi connectivity index (χ2n) is 7.87. The lowest BCUT2D eigenvalue weighted by Crippen LogP contribution is -2.34. The number of carbonyl (C=O) groups excluding carboxylic acids is 2. The van der Waals surface area contributed by atoms with E-state index in [2.05, 4.69) is 4.99 Å². The summed E-state index contributed by atoms with van der Waals surface area (Å²) in [4.78, 5) is 30.9. The van der Waals surface area contributed by atoms with Gasteiger partial charge in [0.2, 0.25) is 0 Å². The van der Waals surface area contributed by atoms with Gasteiger partial charge in [0.25, 0.3) is 0 Å². The normalized spacial score (nSPS) is 19.3. The van der Waals surface area contributed by atoms with Crippen molar-refractivity contribution in [2.75, 3.05) is 34.5 Å². The summed E-state index contributed by atoms with van der Waals surface area (Å²) in [6, 6.07) is 9.69. The number of ether oxygens (including phenoxy) is 3. The fourth-order valence-electron chi connectivity index (χ4n) is 3.65. The van der Waals surface area contributed by atoms with Gasteiger partial charge < -0.3 is 24.4 Å². The molecule has 0 radical (unpaired) electrons. The van der Waals surface area contributed by atoms with E-state index in [4.69, 9.17) is 14.2 Å². The summed E-state index contributed by atoms with van der Waals surface area (Å²) in [6.45, 7) is 0.951. The minimum absolute atomic E-state index is 0.00258. The lowest BCUT2D eigenvalue weighted by Gasteiger charge is -2.28. The smallest absolute Gasteiger partial charge is 0.172 e. The number of nitrogens with zero attached hydrogens (tertiary/aromatic N) is 1. The number of phenols is 2. The third-order valence-electron chi connectivity index (χ3n) is 5.50. The van der Waals surface area contributed by atoms with Gasteiger partial charge in [0.1, 0.15) is 5.92 Å². The molecule has 0 spiro atoms. The minimum atomic E-state index is -0.979. The van der Waals surface area contributed by atoms with Crippen molar-refractivity contribution in [2.45, 2.75) is 18.1 Å². The molecule has 2 aromatic carbocycles. The molecule has 0 aliphatic carbocycles.